The van der Waals surface area contributed by atoms with Gasteiger partial charge in [-0.25, -0.2) is 8.42 Å². The van der Waals surface area contributed by atoms with Gasteiger partial charge in [0.1, 0.15) is 6.04 Å². The zero-order valence-electron chi connectivity index (χ0n) is 17.7. The first-order valence-electron chi connectivity index (χ1n) is 9.67. The zero-order chi connectivity index (χ0) is 21.6. The van der Waals surface area contributed by atoms with E-state index < -0.39 is 16.1 Å². The normalized spacial score (nSPS) is 12.4. The Morgan fingerprint density at radius 1 is 1.07 bits per heavy atom. The molecule has 29 heavy (non-hydrogen) atoms. The molecule has 0 saturated heterocycles. The Labute approximate surface area is 178 Å². The quantitative estimate of drug-likeness (QED) is 0.477. The molecule has 0 bridgehead atoms. The number of nitrogens with one attached hydrogen (secondary N) is 1. The second kappa shape index (κ2) is 10.2. The van der Waals surface area contributed by atoms with Gasteiger partial charge in [-0.3, -0.25) is 9.10 Å². The van der Waals surface area contributed by atoms with Gasteiger partial charge in [0.15, 0.2) is 0 Å². The van der Waals surface area contributed by atoms with Gasteiger partial charge in [-0.05, 0) is 56.5 Å². The maximum Gasteiger partial charge on any atom is 0.243 e. The molecule has 1 N–H and O–H groups in total. The molecular formula is C22H30N2O3S2. The van der Waals surface area contributed by atoms with Crippen molar-refractivity contribution >= 4 is 33.4 Å². The van der Waals surface area contributed by atoms with Crippen LogP contribution in [0.4, 0.5) is 5.69 Å². The van der Waals surface area contributed by atoms with E-state index in [2.05, 4.69) is 29.6 Å². The van der Waals surface area contributed by atoms with E-state index in [1.54, 1.807) is 11.8 Å². The van der Waals surface area contributed by atoms with E-state index in [1.807, 2.05) is 45.9 Å². The number of hydrogen-bond acceptors (Lipinski definition) is 4. The Bertz CT molecular complexity index is 941. The molecule has 0 aliphatic carbocycles. The highest BCUT2D eigenvalue weighted by molar-refractivity contribution is 7.99. The summed E-state index contributed by atoms with van der Waals surface area (Å²) in [7, 11) is -3.62. The molecule has 5 nitrogen and oxygen atoms in total. The van der Waals surface area contributed by atoms with Crippen LogP contribution in [0.15, 0.2) is 47.4 Å². The van der Waals surface area contributed by atoms with Crippen molar-refractivity contribution in [3.8, 4) is 0 Å². The van der Waals surface area contributed by atoms with Gasteiger partial charge < -0.3 is 5.32 Å². The van der Waals surface area contributed by atoms with Crippen LogP contribution in [0.2, 0.25) is 0 Å². The van der Waals surface area contributed by atoms with Crippen molar-refractivity contribution in [2.45, 2.75) is 45.1 Å². The third kappa shape index (κ3) is 6.51. The molecule has 0 aromatic heterocycles. The molecule has 7 heteroatoms. The molecule has 0 saturated carbocycles. The molecule has 0 fully saturated rings. The van der Waals surface area contributed by atoms with E-state index in [9.17, 15) is 13.2 Å². The summed E-state index contributed by atoms with van der Waals surface area (Å²) in [6.45, 7) is 8.11. The Morgan fingerprint density at radius 2 is 1.69 bits per heavy atom. The van der Waals surface area contributed by atoms with Crippen LogP contribution < -0.4 is 9.62 Å². The molecule has 0 aliphatic rings. The number of rotatable bonds is 9. The van der Waals surface area contributed by atoms with E-state index in [1.165, 1.54) is 9.87 Å². The van der Waals surface area contributed by atoms with Crippen LogP contribution in [0.5, 0.6) is 0 Å². The fourth-order valence-corrected chi connectivity index (χ4v) is 5.12. The molecular weight excluding hydrogens is 404 g/mol. The summed E-state index contributed by atoms with van der Waals surface area (Å²) in [5.74, 6) is 0.441. The highest BCUT2D eigenvalue weighted by Crippen LogP contribution is 2.27. The van der Waals surface area contributed by atoms with Crippen molar-refractivity contribution in [3.63, 3.8) is 0 Å². The number of thioether (sulfide) groups is 1. The standard InChI is InChI=1S/C22H30N2O3S2/c1-6-20(22(25)23-13-14-28-19-11-8-16(2)9-12-19)24(29(5,26)27)21-15-17(3)7-10-18(21)4/h7-12,15,20H,6,13-14H2,1-5H3,(H,23,25). The average molecular weight is 435 g/mol. The van der Waals surface area contributed by atoms with Gasteiger partial charge in [0.05, 0.1) is 11.9 Å². The minimum atomic E-state index is -3.62. The van der Waals surface area contributed by atoms with Crippen molar-refractivity contribution in [1.82, 2.24) is 5.32 Å². The fourth-order valence-electron chi connectivity index (χ4n) is 3.09. The van der Waals surface area contributed by atoms with Crippen LogP contribution >= 0.6 is 11.8 Å². The second-order valence-corrected chi connectivity index (χ2v) is 10.3. The van der Waals surface area contributed by atoms with E-state index in [0.717, 1.165) is 22.3 Å². The Morgan fingerprint density at radius 3 is 2.28 bits per heavy atom. The highest BCUT2D eigenvalue weighted by Gasteiger charge is 2.32. The SMILES string of the molecule is CCC(C(=O)NCCSc1ccc(C)cc1)N(c1cc(C)ccc1C)S(C)(=O)=O. The number of benzene rings is 2. The lowest BCUT2D eigenvalue weighted by Crippen LogP contribution is -2.50. The van der Waals surface area contributed by atoms with Crippen molar-refractivity contribution < 1.29 is 13.2 Å². The Balaban J connectivity index is 2.10. The van der Waals surface area contributed by atoms with Gasteiger partial charge in [-0.15, -0.1) is 11.8 Å². The van der Waals surface area contributed by atoms with Crippen molar-refractivity contribution in [3.05, 3.63) is 59.2 Å². The monoisotopic (exact) mass is 434 g/mol. The summed E-state index contributed by atoms with van der Waals surface area (Å²) < 4.78 is 26.4. The van der Waals surface area contributed by atoms with Gasteiger partial charge in [-0.1, -0.05) is 36.8 Å². The van der Waals surface area contributed by atoms with Crippen LogP contribution in [0.3, 0.4) is 0 Å². The summed E-state index contributed by atoms with van der Waals surface area (Å²) >= 11 is 1.66. The molecule has 1 atom stereocenters. The number of hydrogen-bond donors (Lipinski definition) is 1. The summed E-state index contributed by atoms with van der Waals surface area (Å²) in [5, 5.41) is 2.91. The predicted molar refractivity (Wildman–Crippen MR) is 122 cm³/mol. The van der Waals surface area contributed by atoms with Gasteiger partial charge in [0.25, 0.3) is 0 Å². The molecule has 158 valence electrons. The van der Waals surface area contributed by atoms with Crippen LogP contribution in [0.1, 0.15) is 30.0 Å². The van der Waals surface area contributed by atoms with Crippen molar-refractivity contribution in [2.75, 3.05) is 22.9 Å². The lowest BCUT2D eigenvalue weighted by molar-refractivity contribution is -0.122. The van der Waals surface area contributed by atoms with Gasteiger partial charge >= 0.3 is 0 Å². The van der Waals surface area contributed by atoms with Crippen molar-refractivity contribution in [1.29, 1.82) is 0 Å². The molecule has 0 aliphatic heterocycles. The summed E-state index contributed by atoms with van der Waals surface area (Å²) in [4.78, 5) is 14.0. The topological polar surface area (TPSA) is 66.5 Å². The number of anilines is 1. The van der Waals surface area contributed by atoms with Crippen LogP contribution in [0, 0.1) is 20.8 Å². The van der Waals surface area contributed by atoms with Crippen LogP contribution in [-0.2, 0) is 14.8 Å². The number of sulfonamides is 1. The maximum absolute atomic E-state index is 12.9. The van der Waals surface area contributed by atoms with Crippen LogP contribution in [0.25, 0.3) is 0 Å². The molecule has 2 rings (SSSR count). The van der Waals surface area contributed by atoms with Gasteiger partial charge in [-0.2, -0.15) is 0 Å². The largest absolute Gasteiger partial charge is 0.353 e. The first-order valence-corrected chi connectivity index (χ1v) is 12.5. The highest BCUT2D eigenvalue weighted by atomic mass is 32.2. The third-order valence-corrected chi connectivity index (χ3v) is 6.80. The number of nitrogens with zero attached hydrogens (tertiary/aromatic N) is 1. The molecule has 0 radical (unpaired) electrons. The molecule has 2 aromatic carbocycles. The first-order chi connectivity index (χ1) is 13.6. The maximum atomic E-state index is 12.9. The second-order valence-electron chi connectivity index (χ2n) is 7.23. The molecule has 1 unspecified atom stereocenters. The summed E-state index contributed by atoms with van der Waals surface area (Å²) in [5.41, 5.74) is 3.54. The Hall–Kier alpha value is -1.99. The minimum absolute atomic E-state index is 0.275. The summed E-state index contributed by atoms with van der Waals surface area (Å²) in [6, 6.07) is 13.1. The fraction of sp³-hybridized carbons (Fsp3) is 0.409. The summed E-state index contributed by atoms with van der Waals surface area (Å²) in [6.07, 6.45) is 1.54. The van der Waals surface area contributed by atoms with Gasteiger partial charge in [0.2, 0.25) is 15.9 Å². The number of amides is 1. The number of aryl methyl sites for hydroxylation is 3. The molecule has 0 heterocycles. The number of carbonyl (C=O) groups excluding carboxylic acids is 1. The van der Waals surface area contributed by atoms with Gasteiger partial charge in [0, 0.05) is 17.2 Å². The zero-order valence-corrected chi connectivity index (χ0v) is 19.4. The van der Waals surface area contributed by atoms with E-state index >= 15 is 0 Å². The molecule has 2 aromatic rings. The molecule has 0 spiro atoms. The lowest BCUT2D eigenvalue weighted by Gasteiger charge is -2.31. The van der Waals surface area contributed by atoms with Crippen LogP contribution in [-0.4, -0.2) is 38.9 Å². The first kappa shape index (κ1) is 23.3. The Kier molecular flexibility index (Phi) is 8.16. The van der Waals surface area contributed by atoms with E-state index in [-0.39, 0.29) is 5.91 Å². The number of carbonyl (C=O) groups is 1. The lowest BCUT2D eigenvalue weighted by atomic mass is 10.1. The van der Waals surface area contributed by atoms with E-state index in [4.69, 9.17) is 0 Å². The minimum Gasteiger partial charge on any atom is -0.353 e. The smallest absolute Gasteiger partial charge is 0.243 e. The van der Waals surface area contributed by atoms with E-state index in [0.29, 0.717) is 24.4 Å². The third-order valence-electron chi connectivity index (χ3n) is 4.62. The average Bonchev–Trinajstić information content (AvgIpc) is 2.65. The predicted octanol–water partition coefficient (Wildman–Crippen LogP) is 4.06. The van der Waals surface area contributed by atoms with Crippen molar-refractivity contribution in [2.24, 2.45) is 0 Å². The molecule has 1 amide bonds.